The number of anilines is 1. The third kappa shape index (κ3) is 3.70. The van der Waals surface area contributed by atoms with E-state index < -0.39 is 15.9 Å². The molecule has 3 aliphatic rings. The molecule has 5 rings (SSSR count). The molecule has 0 spiro atoms. The van der Waals surface area contributed by atoms with E-state index in [-0.39, 0.29) is 16.7 Å². The Morgan fingerprint density at radius 1 is 1.42 bits per heavy atom. The molecule has 0 bridgehead atoms. The number of amides is 2. The van der Waals surface area contributed by atoms with Crippen molar-refractivity contribution in [3.63, 3.8) is 0 Å². The number of urea groups is 1. The van der Waals surface area contributed by atoms with Crippen molar-refractivity contribution in [1.82, 2.24) is 14.8 Å². The lowest BCUT2D eigenvalue weighted by atomic mass is 10.0. The van der Waals surface area contributed by atoms with E-state index in [2.05, 4.69) is 14.8 Å². The minimum Gasteiger partial charge on any atom is -0.476 e. The zero-order valence-corrected chi connectivity index (χ0v) is 18.3. The van der Waals surface area contributed by atoms with Crippen LogP contribution in [0.5, 0.6) is 5.88 Å². The Morgan fingerprint density at radius 2 is 2.23 bits per heavy atom. The number of fused-ring (bicyclic) bond motifs is 2. The third-order valence-corrected chi connectivity index (χ3v) is 7.56. The number of aryl methyl sites for hydroxylation is 1. The molecule has 0 aromatic carbocycles. The van der Waals surface area contributed by atoms with Gasteiger partial charge in [-0.05, 0) is 50.2 Å². The summed E-state index contributed by atoms with van der Waals surface area (Å²) in [5, 5.41) is 13.0. The van der Waals surface area contributed by atoms with Gasteiger partial charge in [-0.15, -0.1) is 4.36 Å². The lowest BCUT2D eigenvalue weighted by Crippen LogP contribution is -2.32. The maximum Gasteiger partial charge on any atom is 0.354 e. The maximum absolute atomic E-state index is 13.2. The predicted octanol–water partition coefficient (Wildman–Crippen LogP) is 1.85. The number of pyridine rings is 1. The van der Waals surface area contributed by atoms with Crippen molar-refractivity contribution < 1.29 is 13.7 Å². The predicted molar refractivity (Wildman–Crippen MR) is 115 cm³/mol. The van der Waals surface area contributed by atoms with Crippen LogP contribution in [0.25, 0.3) is 0 Å². The molecule has 3 heterocycles. The van der Waals surface area contributed by atoms with Crippen LogP contribution >= 0.6 is 0 Å². The minimum atomic E-state index is -3.54. The van der Waals surface area contributed by atoms with Crippen molar-refractivity contribution in [1.29, 1.82) is 0 Å². The van der Waals surface area contributed by atoms with E-state index >= 15 is 0 Å². The fraction of sp³-hybridized carbons (Fsp3) is 0.550. The van der Waals surface area contributed by atoms with Crippen LogP contribution in [-0.2, 0) is 29.3 Å². The van der Waals surface area contributed by atoms with Gasteiger partial charge in [-0.3, -0.25) is 4.98 Å². The zero-order chi connectivity index (χ0) is 21.8. The number of hydrogen-bond acceptors (Lipinski definition) is 6. The van der Waals surface area contributed by atoms with Gasteiger partial charge in [0, 0.05) is 29.8 Å². The number of aromatic nitrogens is 3. The minimum absolute atomic E-state index is 0.117. The smallest absolute Gasteiger partial charge is 0.354 e. The second-order valence-electron chi connectivity index (χ2n) is 8.55. The van der Waals surface area contributed by atoms with Crippen LogP contribution in [0, 0.1) is 12.8 Å². The summed E-state index contributed by atoms with van der Waals surface area (Å²) in [6.07, 6.45) is 6.38. The molecule has 10 nitrogen and oxygen atoms in total. The van der Waals surface area contributed by atoms with Crippen molar-refractivity contribution in [3.05, 3.63) is 28.7 Å². The van der Waals surface area contributed by atoms with Crippen LogP contribution in [0.1, 0.15) is 47.7 Å². The molecule has 2 unspecified atom stereocenters. The molecular formula is C20H27N7O3S. The summed E-state index contributed by atoms with van der Waals surface area (Å²) >= 11 is 0. The summed E-state index contributed by atoms with van der Waals surface area (Å²) in [6.45, 7) is 3.35. The van der Waals surface area contributed by atoms with Crippen LogP contribution in [0.2, 0.25) is 0 Å². The highest BCUT2D eigenvalue weighted by Crippen LogP contribution is 2.44. The molecular weight excluding hydrogens is 418 g/mol. The average molecular weight is 446 g/mol. The summed E-state index contributed by atoms with van der Waals surface area (Å²) in [5.41, 5.74) is 10.6. The van der Waals surface area contributed by atoms with Crippen molar-refractivity contribution in [2.24, 2.45) is 21.2 Å². The Morgan fingerprint density at radius 3 is 2.97 bits per heavy atom. The zero-order valence-electron chi connectivity index (χ0n) is 17.5. The van der Waals surface area contributed by atoms with Gasteiger partial charge in [0.05, 0.1) is 25.0 Å². The van der Waals surface area contributed by atoms with Gasteiger partial charge < -0.3 is 15.8 Å². The molecule has 5 N–H and O–H groups in total. The van der Waals surface area contributed by atoms with Crippen LogP contribution in [0.15, 0.2) is 15.5 Å². The lowest BCUT2D eigenvalue weighted by Gasteiger charge is -2.23. The van der Waals surface area contributed by atoms with Gasteiger partial charge in [-0.1, -0.05) is 0 Å². The number of hydrogen-bond donors (Lipinski definition) is 3. The van der Waals surface area contributed by atoms with Gasteiger partial charge in [0.1, 0.15) is 4.90 Å². The van der Waals surface area contributed by atoms with Gasteiger partial charge in [-0.2, -0.15) is 5.10 Å². The Labute approximate surface area is 181 Å². The average Bonchev–Trinajstić information content (AvgIpc) is 3.30. The summed E-state index contributed by atoms with van der Waals surface area (Å²) < 4.78 is 24.2. The fourth-order valence-corrected chi connectivity index (χ4v) is 5.40. The van der Waals surface area contributed by atoms with E-state index in [1.54, 1.807) is 4.68 Å². The van der Waals surface area contributed by atoms with E-state index in [1.165, 1.54) is 6.20 Å². The quantitative estimate of drug-likeness (QED) is 0.653. The molecule has 0 saturated heterocycles. The highest BCUT2D eigenvalue weighted by molar-refractivity contribution is 7.91. The first-order valence-corrected chi connectivity index (χ1v) is 12.2. The number of carbonyl (C=O) groups excluding carboxylic acids is 1. The summed E-state index contributed by atoms with van der Waals surface area (Å²) in [5.74, 6) is 0.864. The highest BCUT2D eigenvalue weighted by Gasteiger charge is 2.32. The van der Waals surface area contributed by atoms with Gasteiger partial charge in [0.2, 0.25) is 5.88 Å². The Bertz CT molecular complexity index is 1180. The van der Waals surface area contributed by atoms with E-state index in [9.17, 15) is 9.00 Å². The number of ether oxygens (including phenoxy) is 1. The molecule has 2 amide bonds. The van der Waals surface area contributed by atoms with E-state index in [4.69, 9.17) is 20.6 Å². The Kier molecular flexibility index (Phi) is 4.98. The number of nitrogens with zero attached hydrogens (tertiary/aromatic N) is 4. The third-order valence-electron chi connectivity index (χ3n) is 6.21. The number of nitrogens with one attached hydrogen (secondary N) is 1. The maximum atomic E-state index is 13.2. The number of nitrogens with two attached hydrogens (primary N) is 2. The van der Waals surface area contributed by atoms with Crippen LogP contribution in [0.3, 0.4) is 0 Å². The van der Waals surface area contributed by atoms with Gasteiger partial charge in [-0.25, -0.2) is 18.8 Å². The first-order valence-electron chi connectivity index (χ1n) is 10.6. The van der Waals surface area contributed by atoms with Crippen LogP contribution in [-0.4, -0.2) is 38.2 Å². The summed E-state index contributed by atoms with van der Waals surface area (Å²) in [6, 6.07) is -0.742. The highest BCUT2D eigenvalue weighted by atomic mass is 32.2. The number of rotatable bonds is 4. The van der Waals surface area contributed by atoms with Crippen LogP contribution < -0.4 is 20.9 Å². The first kappa shape index (κ1) is 20.4. The summed E-state index contributed by atoms with van der Waals surface area (Å²) in [7, 11) is -3.54. The van der Waals surface area contributed by atoms with E-state index in [0.29, 0.717) is 25.6 Å². The normalized spacial score (nSPS) is 21.6. The van der Waals surface area contributed by atoms with E-state index in [0.717, 1.165) is 60.3 Å². The largest absolute Gasteiger partial charge is 0.476 e. The van der Waals surface area contributed by atoms with Gasteiger partial charge >= 0.3 is 6.03 Å². The molecule has 0 radical (unpaired) electrons. The molecule has 31 heavy (non-hydrogen) atoms. The second kappa shape index (κ2) is 7.57. The molecule has 1 aliphatic heterocycles. The molecule has 2 aromatic rings. The van der Waals surface area contributed by atoms with Crippen molar-refractivity contribution >= 4 is 21.6 Å². The first-order chi connectivity index (χ1) is 14.9. The molecule has 1 saturated carbocycles. The van der Waals surface area contributed by atoms with Crippen molar-refractivity contribution in [2.45, 2.75) is 56.4 Å². The molecule has 2 aliphatic carbocycles. The fourth-order valence-electron chi connectivity index (χ4n) is 4.40. The molecule has 166 valence electrons. The molecule has 11 heteroatoms. The monoisotopic (exact) mass is 445 g/mol. The van der Waals surface area contributed by atoms with E-state index in [1.807, 2.05) is 6.92 Å². The summed E-state index contributed by atoms with van der Waals surface area (Å²) in [4.78, 5) is 17.8. The molecule has 2 atom stereocenters. The molecule has 1 fully saturated rings. The lowest BCUT2D eigenvalue weighted by molar-refractivity contribution is 0.164. The number of carbonyl (C=O) groups is 1. The Hall–Kier alpha value is -2.50. The van der Waals surface area contributed by atoms with Gasteiger partial charge in [0.15, 0.2) is 9.92 Å². The Balaban J connectivity index is 1.45. The SMILES string of the molecule is Cc1c(C2CC2)nc2c(c1NC(=O)N=S(N)(=O)c1cnn3c1OCC(CN)C3)CCC2. The topological polar surface area (TPSA) is 151 Å². The van der Waals surface area contributed by atoms with Crippen molar-refractivity contribution in [3.8, 4) is 5.88 Å². The van der Waals surface area contributed by atoms with Crippen LogP contribution in [0.4, 0.5) is 10.5 Å². The second-order valence-corrected chi connectivity index (χ2v) is 10.3. The van der Waals surface area contributed by atoms with Crippen molar-refractivity contribution in [2.75, 3.05) is 18.5 Å². The molecule has 2 aromatic heterocycles. The van der Waals surface area contributed by atoms with Gasteiger partial charge in [0.25, 0.3) is 0 Å². The standard InChI is InChI=1S/C20H27N7O3S/c1-11-17(13-5-6-13)24-15-4-2-3-14(15)18(11)25-20(28)26-31(22,29)16-8-23-27-9-12(7-21)10-30-19(16)27/h8,12-13H,2-7,9-10,21H2,1H3,(H3,22,24,25,26,28,29).